The van der Waals surface area contributed by atoms with Crippen LogP contribution in [0.25, 0.3) is 0 Å². The van der Waals surface area contributed by atoms with Crippen molar-refractivity contribution in [3.8, 4) is 0 Å². The lowest BCUT2D eigenvalue weighted by molar-refractivity contribution is -0.137. The van der Waals surface area contributed by atoms with Crippen LogP contribution in [0.5, 0.6) is 0 Å². The molecule has 0 aliphatic heterocycles. The summed E-state index contributed by atoms with van der Waals surface area (Å²) >= 11 is 1.34. The van der Waals surface area contributed by atoms with Crippen LogP contribution < -0.4 is 11.1 Å². The van der Waals surface area contributed by atoms with E-state index < -0.39 is 23.8 Å². The molecule has 0 fully saturated rings. The van der Waals surface area contributed by atoms with Crippen LogP contribution in [-0.4, -0.2) is 17.8 Å². The number of anilines is 1. The molecule has 128 valence electrons. The second-order valence-electron chi connectivity index (χ2n) is 4.73. The molecule has 0 radical (unpaired) electrons. The molecule has 0 saturated carbocycles. The summed E-state index contributed by atoms with van der Waals surface area (Å²) in [7, 11) is 0. The summed E-state index contributed by atoms with van der Waals surface area (Å²) in [6.07, 6.45) is -5.69. The van der Waals surface area contributed by atoms with Gasteiger partial charge in [-0.25, -0.2) is 0 Å². The Morgan fingerprint density at radius 3 is 2.62 bits per heavy atom. The summed E-state index contributed by atoms with van der Waals surface area (Å²) in [5.41, 5.74) is 4.39. The van der Waals surface area contributed by atoms with E-state index in [-0.39, 0.29) is 11.5 Å². The number of nitrogens with zero attached hydrogens (tertiary/aromatic N) is 1. The fraction of sp³-hybridized carbons (Fsp3) is 0.200. The van der Waals surface area contributed by atoms with Crippen molar-refractivity contribution in [3.63, 3.8) is 0 Å². The molecule has 1 aromatic heterocycles. The first-order chi connectivity index (χ1) is 11.3. The van der Waals surface area contributed by atoms with E-state index >= 15 is 0 Å². The number of thiophene rings is 1. The quantitative estimate of drug-likeness (QED) is 0.489. The van der Waals surface area contributed by atoms with Gasteiger partial charge in [0.25, 0.3) is 5.91 Å². The molecular formula is C15H14F3N3O2S. The van der Waals surface area contributed by atoms with Crippen LogP contribution in [0.15, 0.2) is 46.9 Å². The van der Waals surface area contributed by atoms with Crippen molar-refractivity contribution in [1.82, 2.24) is 0 Å². The minimum absolute atomic E-state index is 0.0836. The molecule has 0 saturated heterocycles. The van der Waals surface area contributed by atoms with Crippen LogP contribution in [0.2, 0.25) is 0 Å². The molecule has 1 amide bonds. The largest absolute Gasteiger partial charge is 0.418 e. The second-order valence-corrected chi connectivity index (χ2v) is 5.68. The Hall–Kier alpha value is -2.55. The molecule has 2 aromatic rings. The normalized spacial score (nSPS) is 13.4. The third kappa shape index (κ3) is 4.48. The first-order valence-corrected chi connectivity index (χ1v) is 7.67. The summed E-state index contributed by atoms with van der Waals surface area (Å²) in [6.45, 7) is 1.36. The van der Waals surface area contributed by atoms with E-state index in [4.69, 9.17) is 10.6 Å². The van der Waals surface area contributed by atoms with Crippen molar-refractivity contribution in [2.24, 2.45) is 10.9 Å². The number of para-hydroxylation sites is 1. The van der Waals surface area contributed by atoms with Crippen molar-refractivity contribution >= 4 is 28.8 Å². The SMILES string of the molecule is CC(ON=C(N)c1cccs1)C(=O)Nc1ccccc1C(F)(F)F. The fourth-order valence-electron chi connectivity index (χ4n) is 1.73. The van der Waals surface area contributed by atoms with Crippen LogP contribution in [0.4, 0.5) is 18.9 Å². The average Bonchev–Trinajstić information content (AvgIpc) is 3.06. The van der Waals surface area contributed by atoms with Gasteiger partial charge in [0, 0.05) is 0 Å². The molecule has 9 heteroatoms. The van der Waals surface area contributed by atoms with Gasteiger partial charge in [-0.2, -0.15) is 13.2 Å². The Labute approximate surface area is 139 Å². The summed E-state index contributed by atoms with van der Waals surface area (Å²) in [5, 5.41) is 7.60. The zero-order valence-electron chi connectivity index (χ0n) is 12.5. The molecule has 1 unspecified atom stereocenters. The number of hydrogen-bond donors (Lipinski definition) is 2. The fourth-order valence-corrected chi connectivity index (χ4v) is 2.35. The molecule has 1 atom stereocenters. The predicted molar refractivity (Wildman–Crippen MR) is 85.7 cm³/mol. The zero-order chi connectivity index (χ0) is 17.7. The number of carbonyl (C=O) groups is 1. The van der Waals surface area contributed by atoms with Crippen LogP contribution >= 0.6 is 11.3 Å². The molecule has 0 bridgehead atoms. The van der Waals surface area contributed by atoms with Crippen LogP contribution in [0, 0.1) is 0 Å². The van der Waals surface area contributed by atoms with Gasteiger partial charge in [-0.05, 0) is 30.5 Å². The summed E-state index contributed by atoms with van der Waals surface area (Å²) in [5.74, 6) is -0.685. The van der Waals surface area contributed by atoms with E-state index in [1.807, 2.05) is 0 Å². The lowest BCUT2D eigenvalue weighted by atomic mass is 10.1. The number of rotatable bonds is 5. The molecule has 0 aliphatic carbocycles. The van der Waals surface area contributed by atoms with E-state index in [2.05, 4.69) is 10.5 Å². The number of hydrogen-bond acceptors (Lipinski definition) is 4. The van der Waals surface area contributed by atoms with Crippen molar-refractivity contribution in [3.05, 3.63) is 52.2 Å². The maximum Gasteiger partial charge on any atom is 0.418 e. The van der Waals surface area contributed by atoms with Crippen molar-refractivity contribution in [1.29, 1.82) is 0 Å². The third-order valence-electron chi connectivity index (χ3n) is 2.94. The number of halogens is 3. The molecule has 0 aliphatic rings. The number of alkyl halides is 3. The number of benzene rings is 1. The topological polar surface area (TPSA) is 76.7 Å². The first kappa shape index (κ1) is 17.8. The highest BCUT2D eigenvalue weighted by Crippen LogP contribution is 2.34. The standard InChI is InChI=1S/C15H14F3N3O2S/c1-9(23-21-13(19)12-7-4-8-24-12)14(22)20-11-6-3-2-5-10(11)15(16,17)18/h2-9H,1H3,(H2,19,21)(H,20,22). The Bertz CT molecular complexity index is 730. The highest BCUT2D eigenvalue weighted by atomic mass is 32.1. The lowest BCUT2D eigenvalue weighted by Crippen LogP contribution is -2.28. The average molecular weight is 357 g/mol. The van der Waals surface area contributed by atoms with Crippen molar-refractivity contribution < 1.29 is 22.8 Å². The predicted octanol–water partition coefficient (Wildman–Crippen LogP) is 3.43. The minimum Gasteiger partial charge on any atom is -0.381 e. The van der Waals surface area contributed by atoms with Gasteiger partial charge in [-0.15, -0.1) is 11.3 Å². The van der Waals surface area contributed by atoms with Crippen LogP contribution in [0.3, 0.4) is 0 Å². The number of nitrogens with one attached hydrogen (secondary N) is 1. The molecule has 1 heterocycles. The Balaban J connectivity index is 2.04. The van der Waals surface area contributed by atoms with E-state index in [1.165, 1.54) is 30.4 Å². The second kappa shape index (κ2) is 7.35. The molecule has 1 aromatic carbocycles. The van der Waals surface area contributed by atoms with E-state index in [0.29, 0.717) is 4.88 Å². The minimum atomic E-state index is -4.57. The number of oxime groups is 1. The monoisotopic (exact) mass is 357 g/mol. The number of amidine groups is 1. The Kier molecular flexibility index (Phi) is 5.45. The third-order valence-corrected chi connectivity index (χ3v) is 3.83. The summed E-state index contributed by atoms with van der Waals surface area (Å²) in [4.78, 5) is 17.6. The lowest BCUT2D eigenvalue weighted by Gasteiger charge is -2.15. The highest BCUT2D eigenvalue weighted by Gasteiger charge is 2.34. The molecular weight excluding hydrogens is 343 g/mol. The maximum absolute atomic E-state index is 12.9. The van der Waals surface area contributed by atoms with Crippen LogP contribution in [0.1, 0.15) is 17.4 Å². The van der Waals surface area contributed by atoms with Gasteiger partial charge >= 0.3 is 6.18 Å². The molecule has 5 nitrogen and oxygen atoms in total. The zero-order valence-corrected chi connectivity index (χ0v) is 13.3. The van der Waals surface area contributed by atoms with Gasteiger partial charge in [0.2, 0.25) is 6.10 Å². The van der Waals surface area contributed by atoms with Crippen molar-refractivity contribution in [2.75, 3.05) is 5.32 Å². The number of carbonyl (C=O) groups excluding carboxylic acids is 1. The van der Waals surface area contributed by atoms with Gasteiger partial charge in [-0.3, -0.25) is 4.79 Å². The first-order valence-electron chi connectivity index (χ1n) is 6.79. The van der Waals surface area contributed by atoms with E-state index in [1.54, 1.807) is 17.5 Å². The van der Waals surface area contributed by atoms with Gasteiger partial charge in [0.1, 0.15) is 0 Å². The molecule has 24 heavy (non-hydrogen) atoms. The molecule has 3 N–H and O–H groups in total. The van der Waals surface area contributed by atoms with Gasteiger partial charge in [-0.1, -0.05) is 23.4 Å². The van der Waals surface area contributed by atoms with E-state index in [0.717, 1.165) is 12.1 Å². The summed E-state index contributed by atoms with van der Waals surface area (Å²) in [6, 6.07) is 8.17. The van der Waals surface area contributed by atoms with Crippen LogP contribution in [-0.2, 0) is 15.8 Å². The maximum atomic E-state index is 12.9. The molecule has 2 rings (SSSR count). The number of nitrogens with two attached hydrogens (primary N) is 1. The van der Waals surface area contributed by atoms with Gasteiger partial charge in [0.15, 0.2) is 5.84 Å². The smallest absolute Gasteiger partial charge is 0.381 e. The summed E-state index contributed by atoms with van der Waals surface area (Å²) < 4.78 is 38.7. The van der Waals surface area contributed by atoms with E-state index in [9.17, 15) is 18.0 Å². The highest BCUT2D eigenvalue weighted by molar-refractivity contribution is 7.12. The molecule has 0 spiro atoms. The van der Waals surface area contributed by atoms with Gasteiger partial charge < -0.3 is 15.9 Å². The Morgan fingerprint density at radius 2 is 2.00 bits per heavy atom. The number of amides is 1. The van der Waals surface area contributed by atoms with Gasteiger partial charge in [0.05, 0.1) is 16.1 Å². The van der Waals surface area contributed by atoms with Crippen molar-refractivity contribution in [2.45, 2.75) is 19.2 Å². The Morgan fingerprint density at radius 1 is 1.29 bits per heavy atom.